The lowest BCUT2D eigenvalue weighted by Crippen LogP contribution is -2.07. The van der Waals surface area contributed by atoms with Crippen LogP contribution in [0.4, 0.5) is 0 Å². The zero-order chi connectivity index (χ0) is 25.5. The van der Waals surface area contributed by atoms with Crippen molar-refractivity contribution in [3.63, 3.8) is 0 Å². The van der Waals surface area contributed by atoms with Gasteiger partial charge in [-0.1, -0.05) is 109 Å². The van der Waals surface area contributed by atoms with Crippen molar-refractivity contribution in [2.75, 3.05) is 0 Å². The van der Waals surface area contributed by atoms with E-state index in [4.69, 9.17) is 0 Å². The van der Waals surface area contributed by atoms with Gasteiger partial charge in [-0.25, -0.2) is 0 Å². The van der Waals surface area contributed by atoms with Gasteiger partial charge in [-0.3, -0.25) is 4.57 Å². The molecule has 0 saturated heterocycles. The first-order chi connectivity index (χ1) is 17.6. The maximum atomic E-state index is 12.5. The molecular weight excluding hydrogens is 570 g/mol. The van der Waals surface area contributed by atoms with Crippen LogP contribution < -0.4 is 5.30 Å². The molecule has 0 unspecified atom stereocenters. The third-order valence-corrected chi connectivity index (χ3v) is 7.97. The van der Waals surface area contributed by atoms with E-state index >= 15 is 0 Å². The van der Waals surface area contributed by atoms with Gasteiger partial charge in [0.05, 0.1) is 5.30 Å². The standard InChI is InChI=1S/C33H28IOP/c1-4-7-23-10-16-26(17-11-23)29-22-30(34)33(36-35)32(28-20-14-25(9-6-3)15-21-28)31(29)27-18-12-24(8-5-2)13-19-27/h4-22H,1-3H3. The summed E-state index contributed by atoms with van der Waals surface area (Å²) in [6, 6.07) is 27.9. The first kappa shape index (κ1) is 26.0. The number of hydrogen-bond acceptors (Lipinski definition) is 1. The third kappa shape index (κ3) is 5.67. The van der Waals surface area contributed by atoms with Gasteiger partial charge in [-0.05, 0) is 93.9 Å². The zero-order valence-electron chi connectivity index (χ0n) is 20.7. The Bertz CT molecular complexity index is 1440. The van der Waals surface area contributed by atoms with Gasteiger partial charge in [0.15, 0.2) is 8.46 Å². The summed E-state index contributed by atoms with van der Waals surface area (Å²) in [6.07, 6.45) is 12.4. The Balaban J connectivity index is 2.04. The van der Waals surface area contributed by atoms with Crippen LogP contribution in [0.1, 0.15) is 37.5 Å². The number of halogens is 1. The average molecular weight is 598 g/mol. The molecule has 1 nitrogen and oxygen atoms in total. The summed E-state index contributed by atoms with van der Waals surface area (Å²) >= 11 is 2.32. The monoisotopic (exact) mass is 598 g/mol. The highest BCUT2D eigenvalue weighted by Gasteiger charge is 2.21. The maximum absolute atomic E-state index is 12.5. The van der Waals surface area contributed by atoms with E-state index in [2.05, 4.69) is 120 Å². The van der Waals surface area contributed by atoms with Gasteiger partial charge in [0.1, 0.15) is 0 Å². The molecule has 0 fully saturated rings. The highest BCUT2D eigenvalue weighted by Crippen LogP contribution is 2.42. The van der Waals surface area contributed by atoms with Crippen LogP contribution in [0.5, 0.6) is 0 Å². The summed E-state index contributed by atoms with van der Waals surface area (Å²) in [4.78, 5) is 0. The van der Waals surface area contributed by atoms with E-state index in [0.717, 1.165) is 53.4 Å². The molecule has 0 aromatic heterocycles. The Morgan fingerprint density at radius 2 is 0.972 bits per heavy atom. The number of hydrogen-bond donors (Lipinski definition) is 0. The molecule has 178 valence electrons. The SMILES string of the molecule is CC=Cc1ccc(-c2cc(I)c(P=O)c(-c3ccc(C=CC)cc3)c2-c2ccc(C=CC)cc2)cc1. The molecule has 3 heteroatoms. The second-order valence-corrected chi connectivity index (χ2v) is 10.3. The fraction of sp³-hybridized carbons (Fsp3) is 0.0909. The molecule has 0 heterocycles. The fourth-order valence-corrected chi connectivity index (χ4v) is 5.77. The second kappa shape index (κ2) is 12.3. The first-order valence-corrected chi connectivity index (χ1v) is 13.9. The van der Waals surface area contributed by atoms with Crippen molar-refractivity contribution in [2.24, 2.45) is 0 Å². The van der Waals surface area contributed by atoms with Crippen LogP contribution in [0.3, 0.4) is 0 Å². The van der Waals surface area contributed by atoms with Crippen LogP contribution in [-0.2, 0) is 4.57 Å². The van der Waals surface area contributed by atoms with Crippen LogP contribution in [-0.4, -0.2) is 0 Å². The summed E-state index contributed by atoms with van der Waals surface area (Å²) in [7, 11) is 0.0112. The summed E-state index contributed by atoms with van der Waals surface area (Å²) < 4.78 is 13.5. The molecule has 0 saturated carbocycles. The van der Waals surface area contributed by atoms with Crippen LogP contribution in [0, 0.1) is 3.57 Å². The largest absolute Gasteiger partial charge is 0.269 e. The molecule has 0 bridgehead atoms. The number of rotatable bonds is 7. The lowest BCUT2D eigenvalue weighted by atomic mass is 9.87. The normalized spacial score (nSPS) is 11.9. The Morgan fingerprint density at radius 3 is 1.36 bits per heavy atom. The van der Waals surface area contributed by atoms with Gasteiger partial charge in [-0.2, -0.15) is 0 Å². The fourth-order valence-electron chi connectivity index (χ4n) is 4.41. The molecule has 36 heavy (non-hydrogen) atoms. The molecule has 0 amide bonds. The van der Waals surface area contributed by atoms with Crippen molar-refractivity contribution in [3.05, 3.63) is 117 Å². The molecule has 0 radical (unpaired) electrons. The summed E-state index contributed by atoms with van der Waals surface area (Å²) in [5.41, 5.74) is 10.00. The van der Waals surface area contributed by atoms with Gasteiger partial charge < -0.3 is 0 Å². The number of benzene rings is 4. The topological polar surface area (TPSA) is 17.1 Å². The van der Waals surface area contributed by atoms with E-state index in [1.807, 2.05) is 39.0 Å². The van der Waals surface area contributed by atoms with Gasteiger partial charge in [0.2, 0.25) is 0 Å². The summed E-state index contributed by atoms with van der Waals surface area (Å²) in [5, 5.41) is 0.816. The van der Waals surface area contributed by atoms with Crippen LogP contribution >= 0.6 is 31.1 Å². The third-order valence-electron chi connectivity index (χ3n) is 6.04. The van der Waals surface area contributed by atoms with Crippen LogP contribution in [0.25, 0.3) is 51.6 Å². The minimum absolute atomic E-state index is 0.0112. The lowest BCUT2D eigenvalue weighted by molar-refractivity contribution is 0.603. The van der Waals surface area contributed by atoms with Crippen molar-refractivity contribution >= 4 is 54.6 Å². The van der Waals surface area contributed by atoms with Crippen molar-refractivity contribution < 1.29 is 4.57 Å². The first-order valence-electron chi connectivity index (χ1n) is 12.0. The average Bonchev–Trinajstić information content (AvgIpc) is 2.90. The van der Waals surface area contributed by atoms with Gasteiger partial charge >= 0.3 is 0 Å². The lowest BCUT2D eigenvalue weighted by Gasteiger charge is -2.20. The van der Waals surface area contributed by atoms with Gasteiger partial charge in [-0.15, -0.1) is 0 Å². The van der Waals surface area contributed by atoms with Crippen LogP contribution in [0.15, 0.2) is 97.1 Å². The quantitative estimate of drug-likeness (QED) is 0.153. The highest BCUT2D eigenvalue weighted by molar-refractivity contribution is 14.1. The van der Waals surface area contributed by atoms with Gasteiger partial charge in [0, 0.05) is 9.13 Å². The number of allylic oxidation sites excluding steroid dienone is 3. The van der Waals surface area contributed by atoms with E-state index in [0.29, 0.717) is 0 Å². The van der Waals surface area contributed by atoms with E-state index in [1.54, 1.807) is 0 Å². The molecule has 0 aliphatic rings. The van der Waals surface area contributed by atoms with E-state index in [9.17, 15) is 4.57 Å². The molecule has 4 rings (SSSR count). The summed E-state index contributed by atoms with van der Waals surface area (Å²) in [5.74, 6) is 0. The van der Waals surface area contributed by atoms with Crippen molar-refractivity contribution in [1.29, 1.82) is 0 Å². The molecule has 4 aromatic carbocycles. The molecule has 0 atom stereocenters. The van der Waals surface area contributed by atoms with Crippen LogP contribution in [0.2, 0.25) is 0 Å². The van der Waals surface area contributed by atoms with E-state index in [1.165, 1.54) is 5.56 Å². The van der Waals surface area contributed by atoms with Crippen molar-refractivity contribution in [2.45, 2.75) is 20.8 Å². The molecule has 0 N–H and O–H groups in total. The molecule has 4 aromatic rings. The Kier molecular flexibility index (Phi) is 8.85. The Morgan fingerprint density at radius 1 is 0.583 bits per heavy atom. The predicted molar refractivity (Wildman–Crippen MR) is 167 cm³/mol. The Hall–Kier alpha value is -3.07. The molecular formula is C33H28IOP. The molecule has 0 aliphatic heterocycles. The van der Waals surface area contributed by atoms with Gasteiger partial charge in [0.25, 0.3) is 0 Å². The highest BCUT2D eigenvalue weighted by atomic mass is 127. The predicted octanol–water partition coefficient (Wildman–Crippen LogP) is 10.3. The Labute approximate surface area is 229 Å². The minimum atomic E-state index is 0.0112. The van der Waals surface area contributed by atoms with E-state index in [-0.39, 0.29) is 8.46 Å². The second-order valence-electron chi connectivity index (χ2n) is 8.46. The van der Waals surface area contributed by atoms with Crippen molar-refractivity contribution in [1.82, 2.24) is 0 Å². The smallest absolute Gasteiger partial charge is 0.194 e. The zero-order valence-corrected chi connectivity index (χ0v) is 23.8. The van der Waals surface area contributed by atoms with Crippen molar-refractivity contribution in [3.8, 4) is 33.4 Å². The molecule has 0 spiro atoms. The summed E-state index contributed by atoms with van der Waals surface area (Å²) in [6.45, 7) is 6.07. The minimum Gasteiger partial charge on any atom is -0.269 e. The molecule has 0 aliphatic carbocycles. The van der Waals surface area contributed by atoms with E-state index < -0.39 is 0 Å². The maximum Gasteiger partial charge on any atom is 0.194 e.